The van der Waals surface area contributed by atoms with Crippen LogP contribution < -0.4 is 5.32 Å². The third-order valence-corrected chi connectivity index (χ3v) is 3.87. The summed E-state index contributed by atoms with van der Waals surface area (Å²) in [6.45, 7) is -0.123. The van der Waals surface area contributed by atoms with E-state index in [0.29, 0.717) is 26.4 Å². The van der Waals surface area contributed by atoms with Gasteiger partial charge in [0.25, 0.3) is 5.91 Å². The van der Waals surface area contributed by atoms with Crippen LogP contribution in [-0.2, 0) is 4.79 Å². The topological polar surface area (TPSA) is 62.3 Å². The van der Waals surface area contributed by atoms with Crippen LogP contribution in [0.1, 0.15) is 10.4 Å². The summed E-state index contributed by atoms with van der Waals surface area (Å²) in [5.74, 6) is -0.695. The summed E-state index contributed by atoms with van der Waals surface area (Å²) in [6, 6.07) is 7.79. The van der Waals surface area contributed by atoms with Gasteiger partial charge >= 0.3 is 0 Å². The molecule has 0 bridgehead atoms. The number of benzene rings is 1. The molecule has 1 aromatic carbocycles. The van der Waals surface area contributed by atoms with E-state index in [1.807, 2.05) is 0 Å². The van der Waals surface area contributed by atoms with Crippen molar-refractivity contribution in [3.8, 4) is 0 Å². The molecule has 120 valence electrons. The monoisotopic (exact) mass is 371 g/mol. The van der Waals surface area contributed by atoms with Crippen molar-refractivity contribution in [2.75, 3.05) is 18.9 Å². The number of pyridine rings is 1. The number of hydrogen-bond acceptors (Lipinski definition) is 3. The standard InChI is InChI=1S/C15H12Cl3N3O2/c1-21(15(23)9-2-5-13(18)19-7-9)8-14(22)20-10-3-4-11(16)12(17)6-10/h2-7H,8H2,1H3,(H,20,22). The summed E-state index contributed by atoms with van der Waals surface area (Å²) in [5, 5.41) is 3.67. The van der Waals surface area contributed by atoms with E-state index in [0.717, 1.165) is 0 Å². The lowest BCUT2D eigenvalue weighted by Crippen LogP contribution is -2.35. The van der Waals surface area contributed by atoms with Gasteiger partial charge in [-0.05, 0) is 30.3 Å². The Balaban J connectivity index is 1.97. The van der Waals surface area contributed by atoms with Crippen LogP contribution in [0.2, 0.25) is 15.2 Å². The number of carbonyl (C=O) groups excluding carboxylic acids is 2. The Morgan fingerprint density at radius 3 is 2.48 bits per heavy atom. The molecule has 0 unspecified atom stereocenters. The largest absolute Gasteiger partial charge is 0.332 e. The second kappa shape index (κ2) is 7.64. The fraction of sp³-hybridized carbons (Fsp3) is 0.133. The summed E-state index contributed by atoms with van der Waals surface area (Å²) in [7, 11) is 1.52. The van der Waals surface area contributed by atoms with Crippen LogP contribution in [0.15, 0.2) is 36.5 Å². The minimum atomic E-state index is -0.360. The Kier molecular flexibility index (Phi) is 5.82. The van der Waals surface area contributed by atoms with Gasteiger partial charge in [0.1, 0.15) is 5.15 Å². The zero-order valence-electron chi connectivity index (χ0n) is 12.0. The van der Waals surface area contributed by atoms with E-state index in [4.69, 9.17) is 34.8 Å². The van der Waals surface area contributed by atoms with Crippen LogP contribution in [0, 0.1) is 0 Å². The average molecular weight is 373 g/mol. The molecule has 1 heterocycles. The first-order valence-corrected chi connectivity index (χ1v) is 7.62. The van der Waals surface area contributed by atoms with E-state index in [1.54, 1.807) is 18.2 Å². The average Bonchev–Trinajstić information content (AvgIpc) is 2.51. The summed E-state index contributed by atoms with van der Waals surface area (Å²) in [4.78, 5) is 29.3. The highest BCUT2D eigenvalue weighted by Crippen LogP contribution is 2.24. The maximum absolute atomic E-state index is 12.2. The van der Waals surface area contributed by atoms with E-state index < -0.39 is 0 Å². The van der Waals surface area contributed by atoms with Gasteiger partial charge in [-0.25, -0.2) is 4.98 Å². The molecule has 5 nitrogen and oxygen atoms in total. The maximum Gasteiger partial charge on any atom is 0.255 e. The van der Waals surface area contributed by atoms with E-state index in [-0.39, 0.29) is 18.4 Å². The van der Waals surface area contributed by atoms with Crippen LogP contribution in [0.25, 0.3) is 0 Å². The number of amides is 2. The van der Waals surface area contributed by atoms with Gasteiger partial charge in [0.15, 0.2) is 0 Å². The Morgan fingerprint density at radius 1 is 1.13 bits per heavy atom. The second-order valence-corrected chi connectivity index (χ2v) is 5.91. The molecular weight excluding hydrogens is 361 g/mol. The van der Waals surface area contributed by atoms with E-state index in [2.05, 4.69) is 10.3 Å². The van der Waals surface area contributed by atoms with Crippen LogP contribution in [-0.4, -0.2) is 35.3 Å². The van der Waals surface area contributed by atoms with Gasteiger partial charge < -0.3 is 10.2 Å². The van der Waals surface area contributed by atoms with Crippen molar-refractivity contribution in [2.45, 2.75) is 0 Å². The van der Waals surface area contributed by atoms with Crippen molar-refractivity contribution >= 4 is 52.3 Å². The maximum atomic E-state index is 12.2. The highest BCUT2D eigenvalue weighted by atomic mass is 35.5. The van der Waals surface area contributed by atoms with Crippen molar-refractivity contribution in [1.29, 1.82) is 0 Å². The Hall–Kier alpha value is -1.82. The van der Waals surface area contributed by atoms with Crippen molar-refractivity contribution in [1.82, 2.24) is 9.88 Å². The zero-order chi connectivity index (χ0) is 17.0. The van der Waals surface area contributed by atoms with Crippen LogP contribution in [0.3, 0.4) is 0 Å². The normalized spacial score (nSPS) is 10.3. The van der Waals surface area contributed by atoms with Crippen molar-refractivity contribution in [3.05, 3.63) is 57.3 Å². The molecule has 1 aromatic heterocycles. The van der Waals surface area contributed by atoms with Crippen LogP contribution >= 0.6 is 34.8 Å². The lowest BCUT2D eigenvalue weighted by Gasteiger charge is -2.16. The highest BCUT2D eigenvalue weighted by Gasteiger charge is 2.15. The van der Waals surface area contributed by atoms with Crippen LogP contribution in [0.5, 0.6) is 0 Å². The summed E-state index contributed by atoms with van der Waals surface area (Å²) in [5.41, 5.74) is 0.845. The first-order chi connectivity index (χ1) is 10.9. The molecule has 1 N–H and O–H groups in total. The van der Waals surface area contributed by atoms with E-state index >= 15 is 0 Å². The fourth-order valence-corrected chi connectivity index (χ4v) is 2.19. The Labute approximate surface area is 148 Å². The predicted molar refractivity (Wildman–Crippen MR) is 91.3 cm³/mol. The molecule has 8 heteroatoms. The summed E-state index contributed by atoms with van der Waals surface area (Å²) >= 11 is 17.4. The third kappa shape index (κ3) is 4.82. The zero-order valence-corrected chi connectivity index (χ0v) is 14.3. The number of halogens is 3. The molecule has 0 radical (unpaired) electrons. The van der Waals surface area contributed by atoms with Gasteiger partial charge in [-0.3, -0.25) is 9.59 Å². The number of aromatic nitrogens is 1. The molecule has 23 heavy (non-hydrogen) atoms. The quantitative estimate of drug-likeness (QED) is 0.831. The highest BCUT2D eigenvalue weighted by molar-refractivity contribution is 6.42. The minimum absolute atomic E-state index is 0.123. The molecule has 0 fully saturated rings. The lowest BCUT2D eigenvalue weighted by atomic mass is 10.2. The van der Waals surface area contributed by atoms with E-state index in [1.165, 1.54) is 30.3 Å². The lowest BCUT2D eigenvalue weighted by molar-refractivity contribution is -0.116. The summed E-state index contributed by atoms with van der Waals surface area (Å²) < 4.78 is 0. The third-order valence-electron chi connectivity index (χ3n) is 2.91. The Bertz CT molecular complexity index is 735. The number of anilines is 1. The molecule has 2 rings (SSSR count). The molecular formula is C15H12Cl3N3O2. The molecule has 0 aliphatic rings. The predicted octanol–water partition coefficient (Wildman–Crippen LogP) is 3.75. The molecule has 0 aliphatic heterocycles. The van der Waals surface area contributed by atoms with Gasteiger partial charge in [0.2, 0.25) is 5.91 Å². The van der Waals surface area contributed by atoms with Crippen molar-refractivity contribution in [3.63, 3.8) is 0 Å². The SMILES string of the molecule is CN(CC(=O)Nc1ccc(Cl)c(Cl)c1)C(=O)c1ccc(Cl)nc1. The number of hydrogen-bond donors (Lipinski definition) is 1. The van der Waals surface area contributed by atoms with Crippen molar-refractivity contribution < 1.29 is 9.59 Å². The smallest absolute Gasteiger partial charge is 0.255 e. The first kappa shape index (κ1) is 17.5. The van der Waals surface area contributed by atoms with Gasteiger partial charge in [0, 0.05) is 18.9 Å². The number of carbonyl (C=O) groups is 2. The molecule has 2 amide bonds. The number of nitrogens with zero attached hydrogens (tertiary/aromatic N) is 2. The van der Waals surface area contributed by atoms with Crippen LogP contribution in [0.4, 0.5) is 5.69 Å². The van der Waals surface area contributed by atoms with Gasteiger partial charge in [-0.2, -0.15) is 0 Å². The molecule has 2 aromatic rings. The molecule has 0 atom stereocenters. The number of nitrogens with one attached hydrogen (secondary N) is 1. The molecule has 0 saturated heterocycles. The minimum Gasteiger partial charge on any atom is -0.332 e. The van der Waals surface area contributed by atoms with Crippen molar-refractivity contribution in [2.24, 2.45) is 0 Å². The second-order valence-electron chi connectivity index (χ2n) is 4.71. The molecule has 0 saturated carbocycles. The fourth-order valence-electron chi connectivity index (χ4n) is 1.78. The van der Waals surface area contributed by atoms with Gasteiger partial charge in [-0.1, -0.05) is 34.8 Å². The molecule has 0 spiro atoms. The number of likely N-dealkylation sites (N-methyl/N-ethyl adjacent to an activating group) is 1. The molecule has 0 aliphatic carbocycles. The summed E-state index contributed by atoms with van der Waals surface area (Å²) in [6.07, 6.45) is 1.36. The Morgan fingerprint density at radius 2 is 1.87 bits per heavy atom. The first-order valence-electron chi connectivity index (χ1n) is 6.48. The van der Waals surface area contributed by atoms with Gasteiger partial charge in [0.05, 0.1) is 22.2 Å². The number of rotatable bonds is 4. The van der Waals surface area contributed by atoms with Gasteiger partial charge in [-0.15, -0.1) is 0 Å². The van der Waals surface area contributed by atoms with E-state index in [9.17, 15) is 9.59 Å².